The molecular formula is C49H65F3N10O8. The summed E-state index contributed by atoms with van der Waals surface area (Å²) in [6.07, 6.45) is 2.81. The fraction of sp³-hybridized carbons (Fsp3) is 0.612. The van der Waals surface area contributed by atoms with Crippen LogP contribution < -0.4 is 27.0 Å². The number of benzene rings is 1. The number of primary amides is 1. The van der Waals surface area contributed by atoms with Gasteiger partial charge in [0.05, 0.1) is 47.9 Å². The van der Waals surface area contributed by atoms with Crippen LogP contribution in [-0.4, -0.2) is 136 Å². The van der Waals surface area contributed by atoms with E-state index in [1.807, 2.05) is 0 Å². The first-order valence-corrected chi connectivity index (χ1v) is 24.3. The number of pyridine rings is 1. The zero-order valence-electron chi connectivity index (χ0n) is 40.1. The van der Waals surface area contributed by atoms with Crippen LogP contribution in [0.3, 0.4) is 0 Å². The molecule has 18 nitrogen and oxygen atoms in total. The minimum Gasteiger partial charge on any atom is -0.381 e. The summed E-state index contributed by atoms with van der Waals surface area (Å²) in [6, 6.07) is 5.24. The number of hydrogen-bond donors (Lipinski definition) is 5. The number of carbonyl (C=O) groups is 6. The van der Waals surface area contributed by atoms with Gasteiger partial charge in [0.25, 0.3) is 0 Å². The first kappa shape index (κ1) is 52.0. The Balaban J connectivity index is 0.878. The van der Waals surface area contributed by atoms with Gasteiger partial charge >= 0.3 is 6.18 Å². The highest BCUT2D eigenvalue weighted by Crippen LogP contribution is 2.47. The van der Waals surface area contributed by atoms with Gasteiger partial charge in [0.1, 0.15) is 30.0 Å². The maximum absolute atomic E-state index is 14.0. The molecule has 2 saturated heterocycles. The Morgan fingerprint density at radius 2 is 1.80 bits per heavy atom. The Hall–Kier alpha value is -5.80. The Morgan fingerprint density at radius 3 is 2.50 bits per heavy atom. The molecule has 2 aliphatic heterocycles. The number of nitrogens with one attached hydrogen (secondary N) is 4. The second kappa shape index (κ2) is 22.5. The van der Waals surface area contributed by atoms with Crippen LogP contribution in [0.5, 0.6) is 0 Å². The number of carbonyl (C=O) groups excluding carboxylic acids is 6. The van der Waals surface area contributed by atoms with E-state index in [9.17, 15) is 41.9 Å². The summed E-state index contributed by atoms with van der Waals surface area (Å²) in [5.41, 5.74) is 4.63. The number of hydrogen-bond acceptors (Lipinski definition) is 13. The molecule has 0 bridgehead atoms. The number of likely N-dealkylation sites (N-methyl/N-ethyl adjacent to an activating group) is 1. The van der Waals surface area contributed by atoms with E-state index in [4.69, 9.17) is 15.2 Å². The van der Waals surface area contributed by atoms with Gasteiger partial charge in [-0.2, -0.15) is 13.2 Å². The van der Waals surface area contributed by atoms with Crippen LogP contribution >= 0.6 is 0 Å². The van der Waals surface area contributed by atoms with Crippen LogP contribution in [0, 0.1) is 17.8 Å². The minimum absolute atomic E-state index is 0.0284. The predicted molar refractivity (Wildman–Crippen MR) is 250 cm³/mol. The lowest BCUT2D eigenvalue weighted by atomic mass is 9.75. The van der Waals surface area contributed by atoms with E-state index in [0.717, 1.165) is 31.4 Å². The van der Waals surface area contributed by atoms with Crippen molar-refractivity contribution >= 4 is 52.5 Å². The third-order valence-electron chi connectivity index (χ3n) is 14.5. The Kier molecular flexibility index (Phi) is 16.7. The third kappa shape index (κ3) is 11.7. The highest BCUT2D eigenvalue weighted by molar-refractivity contribution is 5.94. The van der Waals surface area contributed by atoms with Gasteiger partial charge in [-0.25, -0.2) is 9.97 Å². The molecule has 2 aliphatic carbocycles. The van der Waals surface area contributed by atoms with Crippen molar-refractivity contribution < 1.29 is 51.4 Å². The van der Waals surface area contributed by atoms with E-state index in [0.29, 0.717) is 62.1 Å². The van der Waals surface area contributed by atoms with Crippen molar-refractivity contribution in [1.29, 1.82) is 0 Å². The molecule has 2 aromatic heterocycles. The van der Waals surface area contributed by atoms with E-state index in [-0.39, 0.29) is 97.4 Å². The lowest BCUT2D eigenvalue weighted by Gasteiger charge is -2.45. The summed E-state index contributed by atoms with van der Waals surface area (Å²) in [4.78, 5) is 93.9. The first-order valence-electron chi connectivity index (χ1n) is 24.3. The molecule has 5 amide bonds. The molecule has 6 N–H and O–H groups in total. The standard InChI is InChI=1S/C49H65F3N10O8/c1-28(2)25-55-33-8-10-41(62-16-11-39(47(62)68)59-45-36-22-31(49(50,51)52)7-9-38(36)56-27-57-45)40(23-33)60-46(67)30-20-34(21-30)58-42(64)14-19-69-18-13-35(12-17-63)70-29(3)48(32-6-5-15-54-26-32)37(44(53)66)24-43(65)61(48)4/h5-7,9,15,17,22,26-30,33-35,37,39-41,55H,8,10-14,16,18-21,23-25H2,1-4H3,(H2,53,66)(H,58,64)(H,60,67)(H,56,57,59)/t29-,30?,33+,34?,35+,37?,39-,40+,41-,48?/m0/s1. The summed E-state index contributed by atoms with van der Waals surface area (Å²) in [5.74, 6) is -2.20. The van der Waals surface area contributed by atoms with Gasteiger partial charge in [-0.3, -0.25) is 29.0 Å². The molecule has 2 unspecified atom stereocenters. The van der Waals surface area contributed by atoms with Crippen molar-refractivity contribution in [2.45, 2.75) is 139 Å². The molecule has 4 fully saturated rings. The zero-order chi connectivity index (χ0) is 50.3. The highest BCUT2D eigenvalue weighted by atomic mass is 19.4. The molecule has 0 spiro atoms. The van der Waals surface area contributed by atoms with Crippen molar-refractivity contribution in [1.82, 2.24) is 40.7 Å². The van der Waals surface area contributed by atoms with Gasteiger partial charge in [0, 0.05) is 75.2 Å². The van der Waals surface area contributed by atoms with E-state index in [2.05, 4.69) is 50.1 Å². The monoisotopic (exact) mass is 978 g/mol. The average molecular weight is 979 g/mol. The number of anilines is 1. The van der Waals surface area contributed by atoms with Crippen LogP contribution in [0.4, 0.5) is 19.0 Å². The molecule has 0 radical (unpaired) electrons. The lowest BCUT2D eigenvalue weighted by Crippen LogP contribution is -2.60. The summed E-state index contributed by atoms with van der Waals surface area (Å²) in [5, 5.41) is 13.1. The third-order valence-corrected chi connectivity index (χ3v) is 14.5. The second-order valence-corrected chi connectivity index (χ2v) is 19.5. The highest BCUT2D eigenvalue weighted by Gasteiger charge is 2.59. The summed E-state index contributed by atoms with van der Waals surface area (Å²) >= 11 is 0. The minimum atomic E-state index is -4.56. The predicted octanol–water partition coefficient (Wildman–Crippen LogP) is 3.62. The fourth-order valence-electron chi connectivity index (χ4n) is 10.7. The van der Waals surface area contributed by atoms with E-state index >= 15 is 0 Å². The van der Waals surface area contributed by atoms with E-state index in [1.54, 1.807) is 43.4 Å². The summed E-state index contributed by atoms with van der Waals surface area (Å²) in [7, 11) is 1.60. The number of nitrogens with zero attached hydrogens (tertiary/aromatic N) is 5. The quantitative estimate of drug-likeness (QED) is 0.0715. The zero-order valence-corrected chi connectivity index (χ0v) is 40.1. The van der Waals surface area contributed by atoms with Crippen molar-refractivity contribution in [3.8, 4) is 0 Å². The largest absolute Gasteiger partial charge is 0.416 e. The molecule has 7 rings (SSSR count). The number of rotatable bonds is 22. The SMILES string of the molecule is CC(C)CN[C@@H]1CC[C@H](N2CC[C@H](Nc3ncnc4ccc(C(F)(F)F)cc34)C2=O)[C@H](NC(=O)C2CC(NC(=O)CCOCC[C@@H](CC=O)O[C@@H](C)C3(c4cccnc4)C(C(N)=O)CC(=O)N3C)C2)C1. The van der Waals surface area contributed by atoms with Crippen molar-refractivity contribution in [3.05, 3.63) is 60.2 Å². The van der Waals surface area contributed by atoms with Crippen LogP contribution in [0.25, 0.3) is 10.9 Å². The van der Waals surface area contributed by atoms with Crippen molar-refractivity contribution in [2.75, 3.05) is 38.7 Å². The second-order valence-electron chi connectivity index (χ2n) is 19.5. The Bertz CT molecular complexity index is 2360. The number of aromatic nitrogens is 3. The molecule has 70 heavy (non-hydrogen) atoms. The van der Waals surface area contributed by atoms with Gasteiger partial charge < -0.3 is 51.1 Å². The van der Waals surface area contributed by atoms with E-state index in [1.165, 1.54) is 17.3 Å². The molecule has 3 aromatic rings. The average Bonchev–Trinajstić information content (AvgIpc) is 3.81. The number of halogens is 3. The number of aldehydes is 1. The maximum Gasteiger partial charge on any atom is 0.416 e. The molecule has 8 atom stereocenters. The van der Waals surface area contributed by atoms with Crippen LogP contribution in [0.1, 0.15) is 96.1 Å². The molecule has 21 heteroatoms. The number of nitrogens with two attached hydrogens (primary N) is 1. The van der Waals surface area contributed by atoms with Crippen molar-refractivity contribution in [2.24, 2.45) is 23.5 Å². The fourth-order valence-corrected chi connectivity index (χ4v) is 10.7. The van der Waals surface area contributed by atoms with Crippen LogP contribution in [-0.2, 0) is 50.0 Å². The number of amides is 5. The summed E-state index contributed by atoms with van der Waals surface area (Å²) < 4.78 is 53.0. The van der Waals surface area contributed by atoms with Gasteiger partial charge in [-0.15, -0.1) is 0 Å². The Labute approximate surface area is 405 Å². The number of alkyl halides is 3. The number of ether oxygens (including phenoxy) is 2. The number of likely N-dealkylation sites (tertiary alicyclic amines) is 2. The Morgan fingerprint density at radius 1 is 1.01 bits per heavy atom. The van der Waals surface area contributed by atoms with Gasteiger partial charge in [-0.1, -0.05) is 19.9 Å². The smallest absolute Gasteiger partial charge is 0.381 e. The topological polar surface area (TPSA) is 240 Å². The first-order chi connectivity index (χ1) is 33.4. The molecule has 4 aliphatic rings. The van der Waals surface area contributed by atoms with Gasteiger partial charge in [0.15, 0.2) is 0 Å². The van der Waals surface area contributed by atoms with E-state index < -0.39 is 47.4 Å². The van der Waals surface area contributed by atoms with Crippen LogP contribution in [0.15, 0.2) is 49.1 Å². The van der Waals surface area contributed by atoms with Gasteiger partial charge in [-0.05, 0) is 94.2 Å². The number of fused-ring (bicyclic) bond motifs is 1. The van der Waals surface area contributed by atoms with Gasteiger partial charge in [0.2, 0.25) is 29.5 Å². The normalized spacial score (nSPS) is 26.8. The summed E-state index contributed by atoms with van der Waals surface area (Å²) in [6.45, 7) is 7.44. The molecule has 2 saturated carbocycles. The van der Waals surface area contributed by atoms with Crippen LogP contribution in [0.2, 0.25) is 0 Å². The molecular weight excluding hydrogens is 914 g/mol. The molecule has 4 heterocycles. The maximum atomic E-state index is 14.0. The lowest BCUT2D eigenvalue weighted by molar-refractivity contribution is -0.146. The molecule has 1 aromatic carbocycles. The van der Waals surface area contributed by atoms with Crippen molar-refractivity contribution in [3.63, 3.8) is 0 Å². The molecule has 380 valence electrons.